The summed E-state index contributed by atoms with van der Waals surface area (Å²) in [5.74, 6) is -0.324. The number of nitrogens with zero attached hydrogens (tertiary/aromatic N) is 1. The van der Waals surface area contributed by atoms with Crippen molar-refractivity contribution in [2.45, 2.75) is 32.2 Å². The van der Waals surface area contributed by atoms with E-state index >= 15 is 0 Å². The molecule has 0 bridgehead atoms. The van der Waals surface area contributed by atoms with Gasteiger partial charge in [-0.2, -0.15) is 0 Å². The molecule has 0 aliphatic carbocycles. The van der Waals surface area contributed by atoms with Crippen molar-refractivity contribution < 1.29 is 29.3 Å². The van der Waals surface area contributed by atoms with E-state index in [1.807, 2.05) is 57.2 Å². The third kappa shape index (κ3) is 5.39. The predicted octanol–water partition coefficient (Wildman–Crippen LogP) is 7.12. The Labute approximate surface area is 238 Å². The Morgan fingerprint density at radius 3 is 2.07 bits per heavy atom. The normalized spacial score (nSPS) is 16.6. The number of aromatic hydroxyl groups is 1. The van der Waals surface area contributed by atoms with Gasteiger partial charge in [-0.25, -0.2) is 0 Å². The molecule has 41 heavy (non-hydrogen) atoms. The number of hydrogen-bond donors (Lipinski definition) is 2. The van der Waals surface area contributed by atoms with Crippen LogP contribution < -0.4 is 14.4 Å². The first-order valence-corrected chi connectivity index (χ1v) is 13.2. The molecule has 4 aromatic rings. The number of para-hydroxylation sites is 1. The van der Waals surface area contributed by atoms with Crippen LogP contribution >= 0.6 is 0 Å². The number of methoxy groups -OCH3 is 1. The third-order valence-corrected chi connectivity index (χ3v) is 7.07. The van der Waals surface area contributed by atoms with Gasteiger partial charge in [-0.15, -0.1) is 0 Å². The number of aliphatic hydroxyl groups excluding tert-OH is 1. The Bertz CT molecular complexity index is 1620. The zero-order valence-electron chi connectivity index (χ0n) is 23.3. The van der Waals surface area contributed by atoms with Crippen LogP contribution in [-0.4, -0.2) is 29.0 Å². The standard InChI is InChI=1S/C34H31NO6/c1-34(2,3)22-12-19-28(40-4)27(20-22)31(37)29-30(21-10-15-24(36)16-11-21)35(33(39)32(29)38)23-13-17-26(18-14-23)41-25-8-6-5-7-9-25/h5-20,30,36-37H,1-4H3/b31-29+. The van der Waals surface area contributed by atoms with Crippen molar-refractivity contribution in [3.8, 4) is 23.0 Å². The van der Waals surface area contributed by atoms with E-state index in [0.717, 1.165) is 5.56 Å². The quantitative estimate of drug-likeness (QED) is 0.151. The molecule has 4 aromatic carbocycles. The van der Waals surface area contributed by atoms with E-state index in [0.29, 0.717) is 34.1 Å². The van der Waals surface area contributed by atoms with Crippen LogP contribution in [0.3, 0.4) is 0 Å². The van der Waals surface area contributed by atoms with E-state index in [4.69, 9.17) is 9.47 Å². The van der Waals surface area contributed by atoms with Gasteiger partial charge >= 0.3 is 0 Å². The van der Waals surface area contributed by atoms with E-state index in [-0.39, 0.29) is 22.5 Å². The van der Waals surface area contributed by atoms with Crippen LogP contribution in [0.25, 0.3) is 5.76 Å². The molecule has 1 fully saturated rings. The van der Waals surface area contributed by atoms with Crippen molar-refractivity contribution in [2.75, 3.05) is 12.0 Å². The summed E-state index contributed by atoms with van der Waals surface area (Å²) in [6, 6.07) is 26.8. The molecule has 1 saturated heterocycles. The molecule has 0 radical (unpaired) electrons. The number of ether oxygens (including phenoxy) is 2. The summed E-state index contributed by atoms with van der Waals surface area (Å²) in [7, 11) is 1.48. The fraction of sp³-hybridized carbons (Fsp3) is 0.176. The minimum atomic E-state index is -0.959. The van der Waals surface area contributed by atoms with Crippen molar-refractivity contribution >= 4 is 23.1 Å². The number of Topliss-reactive ketones (excluding diaryl/α,β-unsaturated/α-hetero) is 1. The van der Waals surface area contributed by atoms with Gasteiger partial charge in [0.2, 0.25) is 0 Å². The number of carbonyl (C=O) groups excluding carboxylic acids is 2. The van der Waals surface area contributed by atoms with Gasteiger partial charge in [0.1, 0.15) is 28.8 Å². The summed E-state index contributed by atoms with van der Waals surface area (Å²) in [4.78, 5) is 28.6. The molecule has 0 spiro atoms. The van der Waals surface area contributed by atoms with Crippen LogP contribution in [0.1, 0.15) is 43.5 Å². The van der Waals surface area contributed by atoms with Gasteiger partial charge in [0.25, 0.3) is 11.7 Å². The maximum atomic E-state index is 13.6. The molecule has 7 heteroatoms. The van der Waals surface area contributed by atoms with Crippen molar-refractivity contribution in [3.05, 3.63) is 119 Å². The van der Waals surface area contributed by atoms with Crippen molar-refractivity contribution in [2.24, 2.45) is 0 Å². The predicted molar refractivity (Wildman–Crippen MR) is 158 cm³/mol. The average Bonchev–Trinajstić information content (AvgIpc) is 3.23. The highest BCUT2D eigenvalue weighted by Crippen LogP contribution is 2.44. The Morgan fingerprint density at radius 2 is 1.46 bits per heavy atom. The van der Waals surface area contributed by atoms with Crippen LogP contribution in [0.4, 0.5) is 5.69 Å². The molecule has 1 heterocycles. The Balaban J connectivity index is 1.64. The highest BCUT2D eigenvalue weighted by molar-refractivity contribution is 6.51. The first-order valence-electron chi connectivity index (χ1n) is 13.2. The molecule has 2 N–H and O–H groups in total. The van der Waals surface area contributed by atoms with Crippen LogP contribution in [0.15, 0.2) is 103 Å². The monoisotopic (exact) mass is 549 g/mol. The molecule has 5 rings (SSSR count). The van der Waals surface area contributed by atoms with Crippen LogP contribution in [0.5, 0.6) is 23.0 Å². The largest absolute Gasteiger partial charge is 0.508 e. The van der Waals surface area contributed by atoms with Gasteiger partial charge in [-0.05, 0) is 77.2 Å². The number of amides is 1. The first kappa shape index (κ1) is 27.5. The topological polar surface area (TPSA) is 96.3 Å². The Kier molecular flexibility index (Phi) is 7.28. The highest BCUT2D eigenvalue weighted by atomic mass is 16.5. The molecular weight excluding hydrogens is 518 g/mol. The van der Waals surface area contributed by atoms with Crippen LogP contribution in [-0.2, 0) is 15.0 Å². The number of phenolic OH excluding ortho intramolecular Hbond substituents is 1. The van der Waals surface area contributed by atoms with E-state index in [1.54, 1.807) is 48.5 Å². The maximum absolute atomic E-state index is 13.6. The number of anilines is 1. The molecule has 7 nitrogen and oxygen atoms in total. The smallest absolute Gasteiger partial charge is 0.300 e. The molecule has 1 unspecified atom stereocenters. The third-order valence-electron chi connectivity index (χ3n) is 7.07. The molecule has 0 saturated carbocycles. The van der Waals surface area contributed by atoms with Crippen LogP contribution in [0.2, 0.25) is 0 Å². The van der Waals surface area contributed by atoms with Crippen molar-refractivity contribution in [1.82, 2.24) is 0 Å². The van der Waals surface area contributed by atoms with Gasteiger partial charge in [-0.3, -0.25) is 14.5 Å². The number of ketones is 1. The average molecular weight is 550 g/mol. The number of benzene rings is 4. The minimum Gasteiger partial charge on any atom is -0.508 e. The fourth-order valence-electron chi connectivity index (χ4n) is 4.87. The summed E-state index contributed by atoms with van der Waals surface area (Å²) in [6.45, 7) is 6.12. The summed E-state index contributed by atoms with van der Waals surface area (Å²) < 4.78 is 11.4. The molecule has 1 atom stereocenters. The fourth-order valence-corrected chi connectivity index (χ4v) is 4.87. The lowest BCUT2D eigenvalue weighted by Gasteiger charge is -2.26. The second kappa shape index (κ2) is 10.8. The van der Waals surface area contributed by atoms with Gasteiger partial charge in [0, 0.05) is 5.69 Å². The summed E-state index contributed by atoms with van der Waals surface area (Å²) in [5.41, 5.74) is 1.90. The summed E-state index contributed by atoms with van der Waals surface area (Å²) in [6.07, 6.45) is 0. The SMILES string of the molecule is COc1ccc(C(C)(C)C)cc1/C(O)=C1\C(=O)C(=O)N(c2ccc(Oc3ccccc3)cc2)C1c1ccc(O)cc1. The Morgan fingerprint density at radius 1 is 0.829 bits per heavy atom. The van der Waals surface area contributed by atoms with E-state index in [9.17, 15) is 19.8 Å². The second-order valence-corrected chi connectivity index (χ2v) is 10.8. The van der Waals surface area contributed by atoms with Crippen LogP contribution in [0, 0.1) is 0 Å². The molecule has 1 aliphatic heterocycles. The lowest BCUT2D eigenvalue weighted by atomic mass is 9.85. The van der Waals surface area contributed by atoms with Gasteiger partial charge in [0.15, 0.2) is 0 Å². The summed E-state index contributed by atoms with van der Waals surface area (Å²) >= 11 is 0. The Hall–Kier alpha value is -5.04. The number of carbonyl (C=O) groups is 2. The van der Waals surface area contributed by atoms with E-state index in [2.05, 4.69) is 0 Å². The summed E-state index contributed by atoms with van der Waals surface area (Å²) in [5, 5.41) is 21.6. The van der Waals surface area contributed by atoms with Crippen molar-refractivity contribution in [1.29, 1.82) is 0 Å². The number of rotatable bonds is 6. The second-order valence-electron chi connectivity index (χ2n) is 10.8. The molecular formula is C34H31NO6. The van der Waals surface area contributed by atoms with Gasteiger partial charge < -0.3 is 19.7 Å². The number of aliphatic hydroxyl groups is 1. The van der Waals surface area contributed by atoms with Gasteiger partial charge in [-0.1, -0.05) is 57.2 Å². The number of hydrogen-bond acceptors (Lipinski definition) is 6. The first-order chi connectivity index (χ1) is 19.6. The highest BCUT2D eigenvalue weighted by Gasteiger charge is 2.47. The van der Waals surface area contributed by atoms with E-state index in [1.165, 1.54) is 24.1 Å². The minimum absolute atomic E-state index is 0.0349. The molecule has 1 aliphatic rings. The maximum Gasteiger partial charge on any atom is 0.300 e. The zero-order valence-corrected chi connectivity index (χ0v) is 23.3. The lowest BCUT2D eigenvalue weighted by molar-refractivity contribution is -0.132. The van der Waals surface area contributed by atoms with Gasteiger partial charge in [0.05, 0.1) is 24.3 Å². The molecule has 0 aromatic heterocycles. The number of phenols is 1. The van der Waals surface area contributed by atoms with E-state index < -0.39 is 17.7 Å². The van der Waals surface area contributed by atoms with Crippen molar-refractivity contribution in [3.63, 3.8) is 0 Å². The molecule has 1 amide bonds. The zero-order chi connectivity index (χ0) is 29.3. The molecule has 208 valence electrons. The lowest BCUT2D eigenvalue weighted by Crippen LogP contribution is -2.29.